The van der Waals surface area contributed by atoms with Crippen LogP contribution in [0.5, 0.6) is 0 Å². The second-order valence-electron chi connectivity index (χ2n) is 15.6. The van der Waals surface area contributed by atoms with Crippen molar-refractivity contribution in [2.45, 2.75) is 19.3 Å². The van der Waals surface area contributed by atoms with Crippen molar-refractivity contribution in [3.63, 3.8) is 0 Å². The van der Waals surface area contributed by atoms with E-state index in [2.05, 4.69) is 229 Å². The summed E-state index contributed by atoms with van der Waals surface area (Å²) in [7, 11) is 0. The van der Waals surface area contributed by atoms with Crippen LogP contribution in [0.15, 0.2) is 206 Å². The van der Waals surface area contributed by atoms with Crippen molar-refractivity contribution in [3.8, 4) is 67.3 Å². The first-order valence-electron chi connectivity index (χ1n) is 19.9. The summed E-state index contributed by atoms with van der Waals surface area (Å²) < 4.78 is 4.99. The third kappa shape index (κ3) is 4.97. The Bertz CT molecular complexity index is 2870. The van der Waals surface area contributed by atoms with E-state index in [0.717, 1.165) is 11.4 Å². The fraction of sp³-hybridized carbons (Fsp3) is 0.0545. The zero-order chi connectivity index (χ0) is 38.1. The van der Waals surface area contributed by atoms with Crippen molar-refractivity contribution in [1.29, 1.82) is 0 Å². The Labute approximate surface area is 333 Å². The van der Waals surface area contributed by atoms with Gasteiger partial charge in [-0.25, -0.2) is 0 Å². The summed E-state index contributed by atoms with van der Waals surface area (Å²) in [5, 5.41) is 2.62. The molecule has 8 aromatic carbocycles. The molecule has 0 fully saturated rings. The van der Waals surface area contributed by atoms with E-state index in [1.165, 1.54) is 88.8 Å². The van der Waals surface area contributed by atoms with Crippen LogP contribution >= 0.6 is 0 Å². The van der Waals surface area contributed by atoms with E-state index in [0.29, 0.717) is 0 Å². The molecule has 0 bridgehead atoms. The van der Waals surface area contributed by atoms with Crippen LogP contribution in [0.25, 0.3) is 89.1 Å². The Kier molecular flexibility index (Phi) is 7.55. The molecular weight excluding hydrogens is 689 g/mol. The third-order valence-electron chi connectivity index (χ3n) is 12.1. The van der Waals surface area contributed by atoms with Gasteiger partial charge in [-0.3, -0.25) is 0 Å². The van der Waals surface area contributed by atoms with Crippen molar-refractivity contribution >= 4 is 21.8 Å². The molecule has 0 unspecified atom stereocenters. The topological polar surface area (TPSA) is 9.86 Å². The predicted molar refractivity (Wildman–Crippen MR) is 239 cm³/mol. The molecule has 1 aliphatic carbocycles. The summed E-state index contributed by atoms with van der Waals surface area (Å²) in [6.45, 7) is 4.92. The number of nitrogens with zero attached hydrogens (tertiary/aromatic N) is 2. The van der Waals surface area contributed by atoms with Gasteiger partial charge in [-0.05, 0) is 80.9 Å². The first kappa shape index (κ1) is 33.2. The van der Waals surface area contributed by atoms with E-state index < -0.39 is 0 Å². The van der Waals surface area contributed by atoms with E-state index in [-0.39, 0.29) is 5.41 Å². The number of fused-ring (bicyclic) bond motifs is 7. The van der Waals surface area contributed by atoms with Crippen LogP contribution in [-0.4, -0.2) is 9.13 Å². The summed E-state index contributed by atoms with van der Waals surface area (Å²) in [4.78, 5) is 0. The van der Waals surface area contributed by atoms with Gasteiger partial charge in [-0.15, -0.1) is 0 Å². The zero-order valence-corrected chi connectivity index (χ0v) is 32.0. The van der Waals surface area contributed by atoms with Crippen molar-refractivity contribution in [3.05, 3.63) is 217 Å². The lowest BCUT2D eigenvalue weighted by Gasteiger charge is -2.25. The van der Waals surface area contributed by atoms with Gasteiger partial charge in [0.05, 0.1) is 22.4 Å². The standard InChI is InChI=1S/C55H40N2/c1-55(2)51-43(33-35-45-49(51)47(37-21-9-3-10-22-37)53(39-25-13-5-14-26-39)56(45)41-29-17-7-18-30-41)44-34-36-46-50(52(44)55)48(38-23-11-4-12-24-38)54(40-27-15-6-16-28-40)57(46)42-31-19-8-20-32-42/h3-36H,1-2H3. The molecule has 0 saturated carbocycles. The average molecular weight is 729 g/mol. The van der Waals surface area contributed by atoms with Gasteiger partial charge >= 0.3 is 0 Å². The summed E-state index contributed by atoms with van der Waals surface area (Å²) in [6, 6.07) is 75.2. The maximum Gasteiger partial charge on any atom is 0.0619 e. The molecule has 57 heavy (non-hydrogen) atoms. The van der Waals surface area contributed by atoms with Crippen molar-refractivity contribution in [2.24, 2.45) is 0 Å². The zero-order valence-electron chi connectivity index (χ0n) is 32.0. The molecular formula is C55H40N2. The molecule has 2 heterocycles. The number of para-hydroxylation sites is 2. The fourth-order valence-corrected chi connectivity index (χ4v) is 9.84. The molecule has 1 aliphatic rings. The molecule has 0 spiro atoms. The third-order valence-corrected chi connectivity index (χ3v) is 12.1. The van der Waals surface area contributed by atoms with Gasteiger partial charge in [-0.2, -0.15) is 0 Å². The average Bonchev–Trinajstić information content (AvgIpc) is 3.89. The molecule has 2 nitrogen and oxygen atoms in total. The fourth-order valence-electron chi connectivity index (χ4n) is 9.84. The minimum absolute atomic E-state index is 0.371. The van der Waals surface area contributed by atoms with Gasteiger partial charge in [0.2, 0.25) is 0 Å². The highest BCUT2D eigenvalue weighted by molar-refractivity contribution is 6.16. The molecule has 0 atom stereocenters. The Morgan fingerprint density at radius 3 is 0.947 bits per heavy atom. The molecule has 2 aromatic heterocycles. The summed E-state index contributed by atoms with van der Waals surface area (Å²) in [5.74, 6) is 0. The van der Waals surface area contributed by atoms with Crippen LogP contribution in [0.3, 0.4) is 0 Å². The molecule has 0 N–H and O–H groups in total. The smallest absolute Gasteiger partial charge is 0.0619 e. The van der Waals surface area contributed by atoms with Gasteiger partial charge in [-0.1, -0.05) is 184 Å². The summed E-state index contributed by atoms with van der Waals surface area (Å²) in [6.07, 6.45) is 0. The number of rotatable bonds is 6. The maximum absolute atomic E-state index is 2.50. The lowest BCUT2D eigenvalue weighted by molar-refractivity contribution is 0.672. The van der Waals surface area contributed by atoms with Gasteiger partial charge in [0.15, 0.2) is 0 Å². The van der Waals surface area contributed by atoms with Gasteiger partial charge in [0, 0.05) is 38.7 Å². The molecule has 11 rings (SSSR count). The Hall–Kier alpha value is -7.16. The number of aromatic nitrogens is 2. The van der Waals surface area contributed by atoms with Gasteiger partial charge < -0.3 is 9.13 Å². The first-order chi connectivity index (χ1) is 28.1. The minimum Gasteiger partial charge on any atom is -0.309 e. The van der Waals surface area contributed by atoms with Crippen LogP contribution in [0.2, 0.25) is 0 Å². The van der Waals surface area contributed by atoms with E-state index in [9.17, 15) is 0 Å². The quantitative estimate of drug-likeness (QED) is 0.161. The molecule has 0 amide bonds. The molecule has 10 aromatic rings. The van der Waals surface area contributed by atoms with Gasteiger partial charge in [0.1, 0.15) is 0 Å². The first-order valence-corrected chi connectivity index (χ1v) is 19.9. The highest BCUT2D eigenvalue weighted by Gasteiger charge is 2.42. The Morgan fingerprint density at radius 2 is 0.614 bits per heavy atom. The lowest BCUT2D eigenvalue weighted by Crippen LogP contribution is -2.16. The second-order valence-corrected chi connectivity index (χ2v) is 15.6. The molecule has 0 radical (unpaired) electrons. The summed E-state index contributed by atoms with van der Waals surface area (Å²) >= 11 is 0. The predicted octanol–water partition coefficient (Wildman–Crippen LogP) is 14.5. The van der Waals surface area contributed by atoms with Crippen LogP contribution in [0.4, 0.5) is 0 Å². The van der Waals surface area contributed by atoms with Crippen LogP contribution in [0.1, 0.15) is 25.0 Å². The molecule has 0 saturated heterocycles. The SMILES string of the molecule is CC1(C)c2c(ccc3c2c(-c2ccccc2)c(-c2ccccc2)n3-c2ccccc2)-c2ccc3c(c(-c4ccccc4)c(-c4ccccc4)n3-c3ccccc3)c21. The van der Waals surface area contributed by atoms with Gasteiger partial charge in [0.25, 0.3) is 0 Å². The lowest BCUT2D eigenvalue weighted by atomic mass is 9.77. The van der Waals surface area contributed by atoms with E-state index in [1.54, 1.807) is 0 Å². The monoisotopic (exact) mass is 728 g/mol. The highest BCUT2D eigenvalue weighted by atomic mass is 15.0. The molecule has 270 valence electrons. The Morgan fingerprint density at radius 1 is 0.316 bits per heavy atom. The van der Waals surface area contributed by atoms with Crippen molar-refractivity contribution in [1.82, 2.24) is 9.13 Å². The number of hydrogen-bond acceptors (Lipinski definition) is 0. The van der Waals surface area contributed by atoms with E-state index in [4.69, 9.17) is 0 Å². The summed E-state index contributed by atoms with van der Waals surface area (Å²) in [5.41, 5.74) is 19.5. The van der Waals surface area contributed by atoms with Crippen LogP contribution in [-0.2, 0) is 5.41 Å². The number of benzene rings is 8. The van der Waals surface area contributed by atoms with Crippen molar-refractivity contribution in [2.75, 3.05) is 0 Å². The van der Waals surface area contributed by atoms with E-state index in [1.807, 2.05) is 0 Å². The largest absolute Gasteiger partial charge is 0.309 e. The van der Waals surface area contributed by atoms with Crippen LogP contribution < -0.4 is 0 Å². The molecule has 2 heteroatoms. The molecule has 0 aliphatic heterocycles. The van der Waals surface area contributed by atoms with Crippen LogP contribution in [0, 0.1) is 0 Å². The maximum atomic E-state index is 2.50. The Balaban J connectivity index is 1.31. The minimum atomic E-state index is -0.371. The second kappa shape index (κ2) is 13.0. The highest BCUT2D eigenvalue weighted by Crippen LogP contribution is 2.59. The number of hydrogen-bond donors (Lipinski definition) is 0. The van der Waals surface area contributed by atoms with E-state index >= 15 is 0 Å². The normalized spacial score (nSPS) is 12.9. The van der Waals surface area contributed by atoms with Crippen molar-refractivity contribution < 1.29 is 0 Å².